The molecular formula is C16H27NO2. The molecule has 1 aromatic rings. The fourth-order valence-corrected chi connectivity index (χ4v) is 2.25. The van der Waals surface area contributed by atoms with Crippen molar-refractivity contribution in [2.75, 3.05) is 20.7 Å². The summed E-state index contributed by atoms with van der Waals surface area (Å²) in [5.74, 6) is 1.49. The lowest BCUT2D eigenvalue weighted by molar-refractivity contribution is 0.102. The smallest absolute Gasteiger partial charge is 0.118 e. The van der Waals surface area contributed by atoms with Gasteiger partial charge in [0.2, 0.25) is 0 Å². The van der Waals surface area contributed by atoms with Crippen LogP contribution in [-0.4, -0.2) is 36.8 Å². The van der Waals surface area contributed by atoms with Gasteiger partial charge in [0.15, 0.2) is 0 Å². The van der Waals surface area contributed by atoms with Crippen molar-refractivity contribution in [2.45, 2.75) is 39.3 Å². The Kier molecular flexibility index (Phi) is 6.32. The van der Waals surface area contributed by atoms with Gasteiger partial charge in [-0.05, 0) is 44.0 Å². The van der Waals surface area contributed by atoms with Gasteiger partial charge in [-0.15, -0.1) is 0 Å². The summed E-state index contributed by atoms with van der Waals surface area (Å²) >= 11 is 0. The summed E-state index contributed by atoms with van der Waals surface area (Å²) in [5.41, 5.74) is 0.935. The van der Waals surface area contributed by atoms with Crippen LogP contribution in [0.15, 0.2) is 24.3 Å². The van der Waals surface area contributed by atoms with Crippen molar-refractivity contribution in [2.24, 2.45) is 5.92 Å². The molecule has 0 saturated carbocycles. The SMILES string of the molecule is COc1ccc(C(O)CN(C)C(C)CC(C)C)cc1. The summed E-state index contributed by atoms with van der Waals surface area (Å²) in [4.78, 5) is 2.22. The Morgan fingerprint density at radius 1 is 1.16 bits per heavy atom. The van der Waals surface area contributed by atoms with Crippen LogP contribution in [0.3, 0.4) is 0 Å². The number of ether oxygens (including phenoxy) is 1. The Morgan fingerprint density at radius 3 is 2.21 bits per heavy atom. The van der Waals surface area contributed by atoms with E-state index in [1.54, 1.807) is 7.11 Å². The molecule has 0 saturated heterocycles. The average Bonchev–Trinajstić information content (AvgIpc) is 2.37. The first-order valence-corrected chi connectivity index (χ1v) is 6.96. The van der Waals surface area contributed by atoms with Gasteiger partial charge < -0.3 is 14.7 Å². The number of nitrogens with zero attached hydrogens (tertiary/aromatic N) is 1. The highest BCUT2D eigenvalue weighted by Crippen LogP contribution is 2.19. The molecule has 2 unspecified atom stereocenters. The molecule has 2 atom stereocenters. The van der Waals surface area contributed by atoms with Crippen LogP contribution in [-0.2, 0) is 0 Å². The van der Waals surface area contributed by atoms with Crippen LogP contribution in [0.25, 0.3) is 0 Å². The van der Waals surface area contributed by atoms with Crippen LogP contribution in [0.4, 0.5) is 0 Å². The van der Waals surface area contributed by atoms with Crippen molar-refractivity contribution in [1.29, 1.82) is 0 Å². The van der Waals surface area contributed by atoms with Gasteiger partial charge in [-0.2, -0.15) is 0 Å². The summed E-state index contributed by atoms with van der Waals surface area (Å²) in [6.07, 6.45) is 0.691. The van der Waals surface area contributed by atoms with Crippen LogP contribution in [0.1, 0.15) is 38.9 Å². The van der Waals surface area contributed by atoms with E-state index in [1.165, 1.54) is 0 Å². The van der Waals surface area contributed by atoms with Crippen molar-refractivity contribution in [1.82, 2.24) is 4.90 Å². The molecule has 3 nitrogen and oxygen atoms in total. The fraction of sp³-hybridized carbons (Fsp3) is 0.625. The minimum absolute atomic E-state index is 0.453. The zero-order chi connectivity index (χ0) is 14.4. The molecule has 0 aliphatic rings. The van der Waals surface area contributed by atoms with Gasteiger partial charge in [-0.25, -0.2) is 0 Å². The fourth-order valence-electron chi connectivity index (χ4n) is 2.25. The second kappa shape index (κ2) is 7.51. The number of likely N-dealkylation sites (N-methyl/N-ethyl adjacent to an activating group) is 1. The molecule has 0 radical (unpaired) electrons. The molecule has 0 heterocycles. The van der Waals surface area contributed by atoms with Crippen molar-refractivity contribution < 1.29 is 9.84 Å². The van der Waals surface area contributed by atoms with Crippen LogP contribution >= 0.6 is 0 Å². The van der Waals surface area contributed by atoms with Gasteiger partial charge in [0.1, 0.15) is 5.75 Å². The number of hydrogen-bond donors (Lipinski definition) is 1. The Morgan fingerprint density at radius 2 is 1.74 bits per heavy atom. The van der Waals surface area contributed by atoms with Crippen LogP contribution in [0.5, 0.6) is 5.75 Å². The maximum absolute atomic E-state index is 10.3. The molecule has 0 bridgehead atoms. The van der Waals surface area contributed by atoms with Gasteiger partial charge >= 0.3 is 0 Å². The highest BCUT2D eigenvalue weighted by Gasteiger charge is 2.16. The lowest BCUT2D eigenvalue weighted by atomic mass is 10.0. The maximum atomic E-state index is 10.3. The minimum Gasteiger partial charge on any atom is -0.497 e. The predicted molar refractivity (Wildman–Crippen MR) is 79.5 cm³/mol. The first-order chi connectivity index (χ1) is 8.93. The second-order valence-corrected chi connectivity index (χ2v) is 5.71. The topological polar surface area (TPSA) is 32.7 Å². The number of aliphatic hydroxyl groups excluding tert-OH is 1. The molecular weight excluding hydrogens is 238 g/mol. The van der Waals surface area contributed by atoms with Gasteiger partial charge in [0.25, 0.3) is 0 Å². The van der Waals surface area contributed by atoms with Crippen molar-refractivity contribution in [3.8, 4) is 5.75 Å². The molecule has 0 aromatic heterocycles. The third kappa shape index (κ3) is 5.21. The molecule has 0 fully saturated rings. The largest absolute Gasteiger partial charge is 0.497 e. The molecule has 0 amide bonds. The van der Waals surface area contributed by atoms with Crippen LogP contribution < -0.4 is 4.74 Å². The summed E-state index contributed by atoms with van der Waals surface area (Å²) in [5, 5.41) is 10.3. The van der Waals surface area contributed by atoms with E-state index in [4.69, 9.17) is 4.74 Å². The minimum atomic E-state index is -0.453. The quantitative estimate of drug-likeness (QED) is 0.822. The third-order valence-corrected chi connectivity index (χ3v) is 3.53. The van der Waals surface area contributed by atoms with Crippen molar-refractivity contribution >= 4 is 0 Å². The number of hydrogen-bond acceptors (Lipinski definition) is 3. The van der Waals surface area contributed by atoms with Crippen molar-refractivity contribution in [3.63, 3.8) is 0 Å². The van der Waals surface area contributed by atoms with E-state index in [0.717, 1.165) is 17.7 Å². The Hall–Kier alpha value is -1.06. The second-order valence-electron chi connectivity index (χ2n) is 5.71. The first-order valence-electron chi connectivity index (χ1n) is 6.96. The molecule has 0 aliphatic heterocycles. The highest BCUT2D eigenvalue weighted by molar-refractivity contribution is 5.28. The molecule has 19 heavy (non-hydrogen) atoms. The summed E-state index contributed by atoms with van der Waals surface area (Å²) < 4.78 is 5.12. The zero-order valence-corrected chi connectivity index (χ0v) is 12.8. The molecule has 1 aromatic carbocycles. The summed E-state index contributed by atoms with van der Waals surface area (Å²) in [7, 11) is 3.71. The van der Waals surface area contributed by atoms with E-state index in [2.05, 4.69) is 32.7 Å². The molecule has 3 heteroatoms. The van der Waals surface area contributed by atoms with Crippen LogP contribution in [0, 0.1) is 5.92 Å². The standard InChI is InChI=1S/C16H27NO2/c1-12(2)10-13(3)17(4)11-16(18)14-6-8-15(19-5)9-7-14/h6-9,12-13,16,18H,10-11H2,1-5H3. The van der Waals surface area contributed by atoms with Gasteiger partial charge in [-0.1, -0.05) is 26.0 Å². The number of rotatable bonds is 7. The number of aliphatic hydroxyl groups is 1. The molecule has 108 valence electrons. The zero-order valence-electron chi connectivity index (χ0n) is 12.8. The first kappa shape index (κ1) is 16.0. The molecule has 1 rings (SSSR count). The van der Waals surface area contributed by atoms with Crippen LogP contribution in [0.2, 0.25) is 0 Å². The van der Waals surface area contributed by atoms with E-state index < -0.39 is 6.10 Å². The third-order valence-electron chi connectivity index (χ3n) is 3.53. The van der Waals surface area contributed by atoms with E-state index >= 15 is 0 Å². The average molecular weight is 265 g/mol. The summed E-state index contributed by atoms with van der Waals surface area (Å²) in [6.45, 7) is 7.31. The molecule has 1 N–H and O–H groups in total. The van der Waals surface area contributed by atoms with Gasteiger partial charge in [0, 0.05) is 12.6 Å². The molecule has 0 aliphatic carbocycles. The Bertz CT molecular complexity index is 362. The Balaban J connectivity index is 2.55. The van der Waals surface area contributed by atoms with E-state index in [9.17, 15) is 5.11 Å². The predicted octanol–water partition coefficient (Wildman–Crippen LogP) is 3.10. The lowest BCUT2D eigenvalue weighted by Gasteiger charge is -2.28. The highest BCUT2D eigenvalue weighted by atomic mass is 16.5. The van der Waals surface area contributed by atoms with Gasteiger partial charge in [-0.3, -0.25) is 0 Å². The number of benzene rings is 1. The number of methoxy groups -OCH3 is 1. The van der Waals surface area contributed by atoms with Gasteiger partial charge in [0.05, 0.1) is 13.2 Å². The van der Waals surface area contributed by atoms with E-state index in [-0.39, 0.29) is 0 Å². The van der Waals surface area contributed by atoms with E-state index in [1.807, 2.05) is 24.3 Å². The van der Waals surface area contributed by atoms with E-state index in [0.29, 0.717) is 18.5 Å². The normalized spacial score (nSPS) is 14.7. The Labute approximate surface area is 117 Å². The van der Waals surface area contributed by atoms with Crippen molar-refractivity contribution in [3.05, 3.63) is 29.8 Å². The maximum Gasteiger partial charge on any atom is 0.118 e. The lowest BCUT2D eigenvalue weighted by Crippen LogP contribution is -2.33. The molecule has 0 spiro atoms. The summed E-state index contributed by atoms with van der Waals surface area (Å²) in [6, 6.07) is 8.09. The monoisotopic (exact) mass is 265 g/mol.